The minimum atomic E-state index is -0.906. The van der Waals surface area contributed by atoms with Gasteiger partial charge in [-0.3, -0.25) is 9.59 Å². The number of carbonyl (C=O) groups excluding carboxylic acids is 1. The largest absolute Gasteiger partial charge is 0.473 e. The third kappa shape index (κ3) is 3.91. The van der Waals surface area contributed by atoms with Crippen LogP contribution in [0, 0.1) is 0 Å². The number of nitrogens with one attached hydrogen (secondary N) is 1. The summed E-state index contributed by atoms with van der Waals surface area (Å²) in [5.41, 5.74) is 0.823. The van der Waals surface area contributed by atoms with Crippen molar-refractivity contribution in [3.05, 3.63) is 89.0 Å². The summed E-state index contributed by atoms with van der Waals surface area (Å²) in [5, 5.41) is 3.12. The summed E-state index contributed by atoms with van der Waals surface area (Å²) in [6.07, 6.45) is 0.630. The van der Waals surface area contributed by atoms with Gasteiger partial charge in [0.15, 0.2) is 11.9 Å². The van der Waals surface area contributed by atoms with Gasteiger partial charge in [0.2, 0.25) is 11.2 Å². The molecule has 0 aliphatic heterocycles. The zero-order valence-corrected chi connectivity index (χ0v) is 15.8. The van der Waals surface area contributed by atoms with Gasteiger partial charge < -0.3 is 18.9 Å². The highest BCUT2D eigenvalue weighted by molar-refractivity contribution is 5.83. The monoisotopic (exact) mass is 389 g/mol. The summed E-state index contributed by atoms with van der Waals surface area (Å²) >= 11 is 0. The van der Waals surface area contributed by atoms with Crippen LogP contribution in [0.25, 0.3) is 22.3 Å². The minimum Gasteiger partial charge on any atom is -0.473 e. The molecule has 4 rings (SSSR count). The highest BCUT2D eigenvalue weighted by Crippen LogP contribution is 2.31. The maximum Gasteiger partial charge on any atom is 0.261 e. The Hall–Kier alpha value is -3.80. The van der Waals surface area contributed by atoms with E-state index in [0.29, 0.717) is 28.1 Å². The third-order valence-electron chi connectivity index (χ3n) is 4.47. The molecule has 1 N–H and O–H groups in total. The number of amides is 1. The molecule has 0 saturated heterocycles. The van der Waals surface area contributed by atoms with E-state index in [4.69, 9.17) is 13.6 Å². The number of furan rings is 1. The van der Waals surface area contributed by atoms with Crippen molar-refractivity contribution in [3.8, 4) is 17.1 Å². The number of hydrogen-bond donors (Lipinski definition) is 1. The molecule has 0 aliphatic carbocycles. The Morgan fingerprint density at radius 1 is 1.03 bits per heavy atom. The van der Waals surface area contributed by atoms with Gasteiger partial charge >= 0.3 is 0 Å². The normalized spacial score (nSPS) is 11.9. The summed E-state index contributed by atoms with van der Waals surface area (Å²) in [5.74, 6) is 0.559. The molecule has 1 atom stereocenters. The SMILES string of the molecule is CC(Oc1c(-c2ccccc2)oc2ccccc2c1=O)C(=O)NCc1ccco1. The highest BCUT2D eigenvalue weighted by atomic mass is 16.5. The first-order valence-corrected chi connectivity index (χ1v) is 9.21. The van der Waals surface area contributed by atoms with Crippen molar-refractivity contribution in [1.82, 2.24) is 5.32 Å². The molecule has 2 heterocycles. The van der Waals surface area contributed by atoms with Crippen molar-refractivity contribution < 1.29 is 18.4 Å². The van der Waals surface area contributed by atoms with Gasteiger partial charge in [-0.1, -0.05) is 42.5 Å². The van der Waals surface area contributed by atoms with Crippen LogP contribution in [0.4, 0.5) is 0 Å². The second kappa shape index (κ2) is 8.06. The van der Waals surface area contributed by atoms with E-state index >= 15 is 0 Å². The van der Waals surface area contributed by atoms with E-state index in [0.717, 1.165) is 0 Å². The number of fused-ring (bicyclic) bond motifs is 1. The van der Waals surface area contributed by atoms with Crippen molar-refractivity contribution >= 4 is 16.9 Å². The Bertz CT molecular complexity index is 1180. The zero-order chi connectivity index (χ0) is 20.2. The van der Waals surface area contributed by atoms with Crippen molar-refractivity contribution in [3.63, 3.8) is 0 Å². The Morgan fingerprint density at radius 2 is 1.79 bits per heavy atom. The van der Waals surface area contributed by atoms with Crippen LogP contribution in [0.5, 0.6) is 5.75 Å². The topological polar surface area (TPSA) is 81.7 Å². The van der Waals surface area contributed by atoms with Gasteiger partial charge in [-0.2, -0.15) is 0 Å². The average Bonchev–Trinajstić information content (AvgIpc) is 3.28. The number of rotatable bonds is 6. The molecule has 6 nitrogen and oxygen atoms in total. The van der Waals surface area contributed by atoms with Gasteiger partial charge in [-0.15, -0.1) is 0 Å². The fourth-order valence-corrected chi connectivity index (χ4v) is 2.97. The first kappa shape index (κ1) is 18.6. The van der Waals surface area contributed by atoms with Gasteiger partial charge in [-0.25, -0.2) is 0 Å². The molecule has 2 aromatic heterocycles. The zero-order valence-electron chi connectivity index (χ0n) is 15.8. The quantitative estimate of drug-likeness (QED) is 0.536. The molecule has 0 spiro atoms. The predicted molar refractivity (Wildman–Crippen MR) is 109 cm³/mol. The molecule has 0 saturated carbocycles. The minimum absolute atomic E-state index is 0.00977. The lowest BCUT2D eigenvalue weighted by Gasteiger charge is -2.16. The summed E-state index contributed by atoms with van der Waals surface area (Å²) < 4.78 is 17.0. The first-order chi connectivity index (χ1) is 14.1. The van der Waals surface area contributed by atoms with Crippen LogP contribution in [-0.2, 0) is 11.3 Å². The fourth-order valence-electron chi connectivity index (χ4n) is 2.97. The van der Waals surface area contributed by atoms with Crippen LogP contribution in [0.3, 0.4) is 0 Å². The number of ether oxygens (including phenoxy) is 1. The molecule has 1 amide bonds. The van der Waals surface area contributed by atoms with E-state index in [1.165, 1.54) is 6.26 Å². The van der Waals surface area contributed by atoms with Crippen molar-refractivity contribution in [2.75, 3.05) is 0 Å². The van der Waals surface area contributed by atoms with E-state index in [2.05, 4.69) is 5.32 Å². The Balaban J connectivity index is 1.67. The van der Waals surface area contributed by atoms with E-state index in [1.54, 1.807) is 43.3 Å². The van der Waals surface area contributed by atoms with E-state index in [1.807, 2.05) is 30.3 Å². The van der Waals surface area contributed by atoms with Crippen LogP contribution in [0.1, 0.15) is 12.7 Å². The van der Waals surface area contributed by atoms with Crippen LogP contribution in [0.15, 0.2) is 86.6 Å². The van der Waals surface area contributed by atoms with Crippen molar-refractivity contribution in [1.29, 1.82) is 0 Å². The molecule has 0 aliphatic rings. The molecule has 0 bridgehead atoms. The van der Waals surface area contributed by atoms with Crippen molar-refractivity contribution in [2.24, 2.45) is 0 Å². The molecule has 29 heavy (non-hydrogen) atoms. The Labute approximate surface area is 166 Å². The second-order valence-corrected chi connectivity index (χ2v) is 6.51. The highest BCUT2D eigenvalue weighted by Gasteiger charge is 2.22. The average molecular weight is 389 g/mol. The standard InChI is InChI=1S/C23H19NO5/c1-15(23(26)24-14-17-10-7-13-27-17)28-22-20(25)18-11-5-6-12-19(18)29-21(22)16-8-3-2-4-9-16/h2-13,15H,14H2,1H3,(H,24,26). The summed E-state index contributed by atoms with van der Waals surface area (Å²) in [4.78, 5) is 25.5. The molecule has 4 aromatic rings. The molecule has 2 aromatic carbocycles. The Kier molecular flexibility index (Phi) is 5.16. The molecule has 0 radical (unpaired) electrons. The molecular weight excluding hydrogens is 370 g/mol. The lowest BCUT2D eigenvalue weighted by Crippen LogP contribution is -2.36. The van der Waals surface area contributed by atoms with E-state index < -0.39 is 6.10 Å². The first-order valence-electron chi connectivity index (χ1n) is 9.21. The van der Waals surface area contributed by atoms with Gasteiger partial charge in [0, 0.05) is 5.56 Å². The third-order valence-corrected chi connectivity index (χ3v) is 4.47. The van der Waals surface area contributed by atoms with E-state index in [-0.39, 0.29) is 23.6 Å². The number of hydrogen-bond acceptors (Lipinski definition) is 5. The van der Waals surface area contributed by atoms with E-state index in [9.17, 15) is 9.59 Å². The summed E-state index contributed by atoms with van der Waals surface area (Å²) in [6.45, 7) is 1.82. The van der Waals surface area contributed by atoms with Crippen LogP contribution < -0.4 is 15.5 Å². The Morgan fingerprint density at radius 3 is 2.55 bits per heavy atom. The summed E-state index contributed by atoms with van der Waals surface area (Å²) in [7, 11) is 0. The summed E-state index contributed by atoms with van der Waals surface area (Å²) in [6, 6.07) is 19.6. The predicted octanol–water partition coefficient (Wildman–Crippen LogP) is 4.14. The van der Waals surface area contributed by atoms with Crippen LogP contribution in [0.2, 0.25) is 0 Å². The number of para-hydroxylation sites is 1. The molecule has 0 fully saturated rings. The molecule has 6 heteroatoms. The molecule has 146 valence electrons. The van der Waals surface area contributed by atoms with Gasteiger partial charge in [0.05, 0.1) is 18.2 Å². The van der Waals surface area contributed by atoms with Crippen LogP contribution >= 0.6 is 0 Å². The van der Waals surface area contributed by atoms with Crippen molar-refractivity contribution in [2.45, 2.75) is 19.6 Å². The maximum atomic E-state index is 13.1. The number of carbonyl (C=O) groups is 1. The van der Waals surface area contributed by atoms with Gasteiger partial charge in [0.25, 0.3) is 5.91 Å². The lowest BCUT2D eigenvalue weighted by atomic mass is 10.1. The van der Waals surface area contributed by atoms with Crippen LogP contribution in [-0.4, -0.2) is 12.0 Å². The lowest BCUT2D eigenvalue weighted by molar-refractivity contribution is -0.127. The smallest absolute Gasteiger partial charge is 0.261 e. The molecular formula is C23H19NO5. The molecule has 1 unspecified atom stereocenters. The van der Waals surface area contributed by atoms with Gasteiger partial charge in [0.1, 0.15) is 11.3 Å². The fraction of sp³-hybridized carbons (Fsp3) is 0.130. The van der Waals surface area contributed by atoms with Gasteiger partial charge in [-0.05, 0) is 31.2 Å². The maximum absolute atomic E-state index is 13.1. The second-order valence-electron chi connectivity index (χ2n) is 6.51. The number of benzene rings is 2.